The largest absolute Gasteiger partial charge is 0.481 e. The highest BCUT2D eigenvalue weighted by Gasteiger charge is 2.24. The van der Waals surface area contributed by atoms with Crippen LogP contribution in [0.25, 0.3) is 0 Å². The van der Waals surface area contributed by atoms with Crippen LogP contribution >= 0.6 is 0 Å². The van der Waals surface area contributed by atoms with E-state index in [4.69, 9.17) is 10.8 Å². The van der Waals surface area contributed by atoms with E-state index in [0.717, 1.165) is 0 Å². The molecule has 0 bridgehead atoms. The monoisotopic (exact) mass is 246 g/mol. The number of hydrogen-bond donors (Lipinski definition) is 3. The number of rotatable bonds is 7. The van der Waals surface area contributed by atoms with Crippen molar-refractivity contribution in [3.63, 3.8) is 0 Å². The Morgan fingerprint density at radius 1 is 1.29 bits per heavy atom. The molecular formula is C10H18N2O5. The standard InChI is InChI=1S/C10H18N2O5/c1-10(2,6-8(14)15)5-7(13)12-3-4-17-9(11)16/h3-6H2,1-2H3,(H2,11,16)(H,12,13)(H,14,15). The number of carboxylic acid groups (broad SMARTS) is 1. The van der Waals surface area contributed by atoms with Crippen molar-refractivity contribution in [2.45, 2.75) is 26.7 Å². The second kappa shape index (κ2) is 6.72. The van der Waals surface area contributed by atoms with Gasteiger partial charge in [0.25, 0.3) is 0 Å². The van der Waals surface area contributed by atoms with Crippen LogP contribution in [0.15, 0.2) is 0 Å². The van der Waals surface area contributed by atoms with E-state index in [1.807, 2.05) is 0 Å². The van der Waals surface area contributed by atoms with Crippen LogP contribution in [-0.4, -0.2) is 36.2 Å². The van der Waals surface area contributed by atoms with Crippen LogP contribution in [0.5, 0.6) is 0 Å². The Hall–Kier alpha value is -1.79. The van der Waals surface area contributed by atoms with E-state index in [2.05, 4.69) is 10.1 Å². The number of primary amides is 1. The highest BCUT2D eigenvalue weighted by molar-refractivity contribution is 5.77. The first kappa shape index (κ1) is 15.2. The van der Waals surface area contributed by atoms with Gasteiger partial charge in [-0.25, -0.2) is 4.79 Å². The van der Waals surface area contributed by atoms with Crippen LogP contribution in [0.4, 0.5) is 4.79 Å². The first-order valence-electron chi connectivity index (χ1n) is 5.14. The fraction of sp³-hybridized carbons (Fsp3) is 0.700. The van der Waals surface area contributed by atoms with Crippen molar-refractivity contribution in [2.24, 2.45) is 11.1 Å². The van der Waals surface area contributed by atoms with Crippen LogP contribution in [0.3, 0.4) is 0 Å². The summed E-state index contributed by atoms with van der Waals surface area (Å²) in [7, 11) is 0. The molecule has 0 spiro atoms. The molecule has 2 amide bonds. The highest BCUT2D eigenvalue weighted by atomic mass is 16.5. The second-order valence-corrected chi connectivity index (χ2v) is 4.43. The Morgan fingerprint density at radius 3 is 2.35 bits per heavy atom. The number of carbonyl (C=O) groups excluding carboxylic acids is 2. The number of ether oxygens (including phenoxy) is 1. The molecule has 98 valence electrons. The molecule has 0 fully saturated rings. The molecule has 0 unspecified atom stereocenters. The summed E-state index contributed by atoms with van der Waals surface area (Å²) in [6.45, 7) is 3.55. The zero-order chi connectivity index (χ0) is 13.5. The van der Waals surface area contributed by atoms with E-state index in [1.54, 1.807) is 13.8 Å². The predicted octanol–water partition coefficient (Wildman–Crippen LogP) is 0.0889. The molecular weight excluding hydrogens is 228 g/mol. The van der Waals surface area contributed by atoms with Gasteiger partial charge in [-0.05, 0) is 5.41 Å². The summed E-state index contributed by atoms with van der Waals surface area (Å²) in [4.78, 5) is 32.2. The van der Waals surface area contributed by atoms with Crippen LogP contribution in [0, 0.1) is 5.41 Å². The molecule has 0 aliphatic carbocycles. The van der Waals surface area contributed by atoms with Gasteiger partial charge in [0.05, 0.1) is 13.0 Å². The smallest absolute Gasteiger partial charge is 0.404 e. The zero-order valence-electron chi connectivity index (χ0n) is 9.99. The molecule has 7 nitrogen and oxygen atoms in total. The predicted molar refractivity (Wildman–Crippen MR) is 59.2 cm³/mol. The van der Waals surface area contributed by atoms with Crippen molar-refractivity contribution < 1.29 is 24.2 Å². The van der Waals surface area contributed by atoms with Gasteiger partial charge in [-0.2, -0.15) is 0 Å². The molecule has 0 atom stereocenters. The first-order chi connectivity index (χ1) is 7.73. The molecule has 0 heterocycles. The van der Waals surface area contributed by atoms with Crippen LogP contribution in [0.1, 0.15) is 26.7 Å². The van der Waals surface area contributed by atoms with Gasteiger partial charge in [0.1, 0.15) is 6.61 Å². The Morgan fingerprint density at radius 2 is 1.88 bits per heavy atom. The van der Waals surface area contributed by atoms with Crippen molar-refractivity contribution in [1.82, 2.24) is 5.32 Å². The molecule has 0 aromatic carbocycles. The third-order valence-corrected chi connectivity index (χ3v) is 1.94. The minimum absolute atomic E-state index is 0.000429. The quantitative estimate of drug-likeness (QED) is 0.550. The van der Waals surface area contributed by atoms with Crippen LogP contribution in [0.2, 0.25) is 0 Å². The minimum Gasteiger partial charge on any atom is -0.481 e. The molecule has 7 heteroatoms. The first-order valence-corrected chi connectivity index (χ1v) is 5.14. The van der Waals surface area contributed by atoms with E-state index >= 15 is 0 Å². The average Bonchev–Trinajstić information content (AvgIpc) is 2.08. The summed E-state index contributed by atoms with van der Waals surface area (Å²) in [5, 5.41) is 11.1. The number of nitrogens with one attached hydrogen (secondary N) is 1. The van der Waals surface area contributed by atoms with Gasteiger partial charge in [0.15, 0.2) is 0 Å². The molecule has 0 aliphatic heterocycles. The topological polar surface area (TPSA) is 119 Å². The van der Waals surface area contributed by atoms with E-state index in [0.29, 0.717) is 0 Å². The minimum atomic E-state index is -0.945. The van der Waals surface area contributed by atoms with Gasteiger partial charge in [0, 0.05) is 6.42 Å². The van der Waals surface area contributed by atoms with Gasteiger partial charge in [-0.3, -0.25) is 9.59 Å². The van der Waals surface area contributed by atoms with E-state index in [-0.39, 0.29) is 31.9 Å². The van der Waals surface area contributed by atoms with Crippen molar-refractivity contribution in [1.29, 1.82) is 0 Å². The maximum absolute atomic E-state index is 11.4. The van der Waals surface area contributed by atoms with Gasteiger partial charge >= 0.3 is 12.1 Å². The van der Waals surface area contributed by atoms with Gasteiger partial charge in [-0.15, -0.1) is 0 Å². The number of carbonyl (C=O) groups is 3. The number of nitrogens with two attached hydrogens (primary N) is 1. The molecule has 0 rings (SSSR count). The van der Waals surface area contributed by atoms with E-state index < -0.39 is 17.5 Å². The summed E-state index contributed by atoms with van der Waals surface area (Å²) >= 11 is 0. The summed E-state index contributed by atoms with van der Waals surface area (Å²) in [5.41, 5.74) is 4.12. The summed E-state index contributed by atoms with van der Waals surface area (Å²) < 4.78 is 4.42. The molecule has 0 radical (unpaired) electrons. The Balaban J connectivity index is 3.85. The van der Waals surface area contributed by atoms with Gasteiger partial charge in [-0.1, -0.05) is 13.8 Å². The van der Waals surface area contributed by atoms with E-state index in [9.17, 15) is 14.4 Å². The average molecular weight is 246 g/mol. The van der Waals surface area contributed by atoms with Crippen LogP contribution < -0.4 is 11.1 Å². The zero-order valence-corrected chi connectivity index (χ0v) is 9.99. The molecule has 4 N–H and O–H groups in total. The van der Waals surface area contributed by atoms with Crippen molar-refractivity contribution in [2.75, 3.05) is 13.2 Å². The normalized spacial score (nSPS) is 10.7. The lowest BCUT2D eigenvalue weighted by Crippen LogP contribution is -2.33. The van der Waals surface area contributed by atoms with Gasteiger partial charge < -0.3 is 20.9 Å². The Bertz CT molecular complexity index is 301. The molecule has 0 saturated heterocycles. The summed E-state index contributed by atoms with van der Waals surface area (Å²) in [6.07, 6.45) is -0.890. The molecule has 17 heavy (non-hydrogen) atoms. The molecule has 0 aliphatic rings. The lowest BCUT2D eigenvalue weighted by Gasteiger charge is -2.21. The highest BCUT2D eigenvalue weighted by Crippen LogP contribution is 2.24. The maximum atomic E-state index is 11.4. The number of amides is 2. The molecule has 0 aromatic heterocycles. The lowest BCUT2D eigenvalue weighted by atomic mass is 9.85. The van der Waals surface area contributed by atoms with Crippen molar-refractivity contribution in [3.8, 4) is 0 Å². The Kier molecular flexibility index (Phi) is 6.01. The maximum Gasteiger partial charge on any atom is 0.404 e. The molecule has 0 aromatic rings. The fourth-order valence-corrected chi connectivity index (χ4v) is 1.31. The number of aliphatic carboxylic acids is 1. The third-order valence-electron chi connectivity index (χ3n) is 1.94. The van der Waals surface area contributed by atoms with E-state index in [1.165, 1.54) is 0 Å². The second-order valence-electron chi connectivity index (χ2n) is 4.43. The summed E-state index contributed by atoms with van der Waals surface area (Å²) in [5.74, 6) is -1.23. The SMILES string of the molecule is CC(C)(CC(=O)O)CC(=O)NCCOC(N)=O. The van der Waals surface area contributed by atoms with Crippen LogP contribution in [-0.2, 0) is 14.3 Å². The summed E-state index contributed by atoms with van der Waals surface area (Å²) in [6, 6.07) is 0. The molecule has 0 saturated carbocycles. The Labute approximate surface area is 99.3 Å². The lowest BCUT2D eigenvalue weighted by molar-refractivity contribution is -0.139. The number of carboxylic acids is 1. The van der Waals surface area contributed by atoms with Crippen molar-refractivity contribution >= 4 is 18.0 Å². The fourth-order valence-electron chi connectivity index (χ4n) is 1.31. The number of hydrogen-bond acceptors (Lipinski definition) is 4. The van der Waals surface area contributed by atoms with Crippen molar-refractivity contribution in [3.05, 3.63) is 0 Å². The van der Waals surface area contributed by atoms with Gasteiger partial charge in [0.2, 0.25) is 5.91 Å². The third kappa shape index (κ3) is 9.16.